The molecular formula is C13H20BrNO. The standard InChI is InChI=1S/C13H20NO.BrH/c1-12(11-14(2,3)9-10-15)13-7-5-4-6-8-13;/h4-8,15H,1,9-11H2,2-3H3;1H/q+1;/p-1. The summed E-state index contributed by atoms with van der Waals surface area (Å²) in [6.07, 6.45) is 0. The molecule has 0 saturated carbocycles. The van der Waals surface area contributed by atoms with Gasteiger partial charge in [-0.05, 0) is 5.56 Å². The van der Waals surface area contributed by atoms with Gasteiger partial charge in [-0.1, -0.05) is 36.9 Å². The van der Waals surface area contributed by atoms with Crippen molar-refractivity contribution in [3.63, 3.8) is 0 Å². The van der Waals surface area contributed by atoms with Crippen molar-refractivity contribution in [3.05, 3.63) is 42.5 Å². The van der Waals surface area contributed by atoms with Crippen LogP contribution in [0.25, 0.3) is 5.57 Å². The Hall–Kier alpha value is -0.640. The van der Waals surface area contributed by atoms with E-state index in [2.05, 4.69) is 32.8 Å². The smallest absolute Gasteiger partial charge is 0.104 e. The number of hydrogen-bond acceptors (Lipinski definition) is 1. The molecule has 3 heteroatoms. The van der Waals surface area contributed by atoms with Gasteiger partial charge in [-0.2, -0.15) is 0 Å². The Balaban J connectivity index is 0.00000225. The average molecular weight is 286 g/mol. The summed E-state index contributed by atoms with van der Waals surface area (Å²) in [7, 11) is 4.20. The predicted molar refractivity (Wildman–Crippen MR) is 64.4 cm³/mol. The molecule has 1 N–H and O–H groups in total. The molecule has 0 fully saturated rings. The molecule has 0 bridgehead atoms. The molecule has 90 valence electrons. The summed E-state index contributed by atoms with van der Waals surface area (Å²) in [5.74, 6) is 0. The van der Waals surface area contributed by atoms with Crippen LogP contribution >= 0.6 is 0 Å². The minimum Gasteiger partial charge on any atom is -1.00 e. The van der Waals surface area contributed by atoms with Crippen LogP contribution in [0.5, 0.6) is 0 Å². The van der Waals surface area contributed by atoms with Crippen molar-refractivity contribution in [1.29, 1.82) is 0 Å². The quantitative estimate of drug-likeness (QED) is 0.672. The van der Waals surface area contributed by atoms with Gasteiger partial charge in [0.25, 0.3) is 0 Å². The average Bonchev–Trinajstić information content (AvgIpc) is 2.18. The van der Waals surface area contributed by atoms with Crippen LogP contribution in [0.3, 0.4) is 0 Å². The molecule has 0 unspecified atom stereocenters. The fourth-order valence-corrected chi connectivity index (χ4v) is 1.63. The highest BCUT2D eigenvalue weighted by molar-refractivity contribution is 5.63. The number of halogens is 1. The Morgan fingerprint density at radius 1 is 1.25 bits per heavy atom. The van der Waals surface area contributed by atoms with Crippen LogP contribution in [0.2, 0.25) is 0 Å². The summed E-state index contributed by atoms with van der Waals surface area (Å²) >= 11 is 0. The van der Waals surface area contributed by atoms with Gasteiger partial charge in [-0.15, -0.1) is 0 Å². The number of rotatable bonds is 5. The molecule has 16 heavy (non-hydrogen) atoms. The first-order chi connectivity index (χ1) is 7.05. The third kappa shape index (κ3) is 4.92. The molecular weight excluding hydrogens is 266 g/mol. The molecule has 0 atom stereocenters. The lowest BCUT2D eigenvalue weighted by molar-refractivity contribution is -0.883. The first-order valence-electron chi connectivity index (χ1n) is 5.21. The molecule has 0 amide bonds. The monoisotopic (exact) mass is 285 g/mol. The van der Waals surface area contributed by atoms with Crippen molar-refractivity contribution >= 4 is 5.57 Å². The fraction of sp³-hybridized carbons (Fsp3) is 0.385. The normalized spacial score (nSPS) is 10.7. The molecule has 0 saturated heterocycles. The number of hydrogen-bond donors (Lipinski definition) is 1. The zero-order valence-electron chi connectivity index (χ0n) is 9.99. The van der Waals surface area contributed by atoms with Gasteiger partial charge in [0, 0.05) is 5.57 Å². The second-order valence-corrected chi connectivity index (χ2v) is 4.51. The minimum absolute atomic E-state index is 0. The number of aliphatic hydroxyl groups excluding tert-OH is 1. The van der Waals surface area contributed by atoms with E-state index < -0.39 is 0 Å². The second-order valence-electron chi connectivity index (χ2n) is 4.51. The van der Waals surface area contributed by atoms with Crippen molar-refractivity contribution in [1.82, 2.24) is 0 Å². The van der Waals surface area contributed by atoms with Crippen LogP contribution in [-0.4, -0.2) is 43.4 Å². The summed E-state index contributed by atoms with van der Waals surface area (Å²) in [5.41, 5.74) is 2.30. The summed E-state index contributed by atoms with van der Waals surface area (Å²) in [5, 5.41) is 8.94. The number of benzene rings is 1. The first-order valence-corrected chi connectivity index (χ1v) is 5.21. The zero-order valence-corrected chi connectivity index (χ0v) is 11.6. The lowest BCUT2D eigenvalue weighted by atomic mass is 10.1. The predicted octanol–water partition coefficient (Wildman–Crippen LogP) is -1.23. The Morgan fingerprint density at radius 2 is 1.81 bits per heavy atom. The fourth-order valence-electron chi connectivity index (χ4n) is 1.63. The molecule has 1 aromatic rings. The number of nitrogens with zero attached hydrogens (tertiary/aromatic N) is 1. The van der Waals surface area contributed by atoms with E-state index in [0.717, 1.165) is 23.1 Å². The van der Waals surface area contributed by atoms with Crippen molar-refractivity contribution in [2.24, 2.45) is 0 Å². The first kappa shape index (κ1) is 15.4. The van der Waals surface area contributed by atoms with Gasteiger partial charge in [0.1, 0.15) is 13.1 Å². The number of quaternary nitrogens is 1. The Morgan fingerprint density at radius 3 is 2.31 bits per heavy atom. The van der Waals surface area contributed by atoms with Gasteiger partial charge in [0.05, 0.1) is 20.7 Å². The van der Waals surface area contributed by atoms with Crippen molar-refractivity contribution in [2.45, 2.75) is 0 Å². The van der Waals surface area contributed by atoms with Crippen LogP contribution < -0.4 is 17.0 Å². The largest absolute Gasteiger partial charge is 1.00 e. The van der Waals surface area contributed by atoms with Crippen molar-refractivity contribution < 1.29 is 26.6 Å². The van der Waals surface area contributed by atoms with E-state index in [9.17, 15) is 0 Å². The summed E-state index contributed by atoms with van der Waals surface area (Å²) in [6.45, 7) is 5.93. The zero-order chi connectivity index (χ0) is 11.3. The second kappa shape index (κ2) is 6.84. The molecule has 1 rings (SSSR count). The molecule has 0 spiro atoms. The lowest BCUT2D eigenvalue weighted by Crippen LogP contribution is -3.00. The van der Waals surface area contributed by atoms with Crippen LogP contribution in [0.15, 0.2) is 36.9 Å². The molecule has 0 aliphatic rings. The van der Waals surface area contributed by atoms with Gasteiger partial charge in [0.15, 0.2) is 0 Å². The van der Waals surface area contributed by atoms with E-state index in [0.29, 0.717) is 0 Å². The summed E-state index contributed by atoms with van der Waals surface area (Å²) < 4.78 is 0.768. The molecule has 0 aliphatic carbocycles. The van der Waals surface area contributed by atoms with Gasteiger partial charge >= 0.3 is 0 Å². The van der Waals surface area contributed by atoms with E-state index in [1.54, 1.807) is 0 Å². The van der Waals surface area contributed by atoms with E-state index in [4.69, 9.17) is 5.11 Å². The van der Waals surface area contributed by atoms with Crippen LogP contribution in [0, 0.1) is 0 Å². The topological polar surface area (TPSA) is 20.2 Å². The van der Waals surface area contributed by atoms with E-state index >= 15 is 0 Å². The van der Waals surface area contributed by atoms with Gasteiger partial charge in [0.2, 0.25) is 0 Å². The highest BCUT2D eigenvalue weighted by Gasteiger charge is 2.16. The molecule has 0 radical (unpaired) electrons. The van der Waals surface area contributed by atoms with Gasteiger partial charge < -0.3 is 26.6 Å². The van der Waals surface area contributed by atoms with E-state index in [1.165, 1.54) is 5.56 Å². The van der Waals surface area contributed by atoms with Crippen molar-refractivity contribution in [3.8, 4) is 0 Å². The van der Waals surface area contributed by atoms with Crippen LogP contribution in [0.4, 0.5) is 0 Å². The van der Waals surface area contributed by atoms with E-state index in [-0.39, 0.29) is 23.6 Å². The SMILES string of the molecule is C=C(C[N+](C)(C)CCO)c1ccccc1.[Br-]. The third-order valence-electron chi connectivity index (χ3n) is 2.51. The highest BCUT2D eigenvalue weighted by atomic mass is 79.9. The Bertz CT molecular complexity index is 322. The van der Waals surface area contributed by atoms with E-state index in [1.807, 2.05) is 18.2 Å². The van der Waals surface area contributed by atoms with Gasteiger partial charge in [-0.25, -0.2) is 0 Å². The molecule has 0 aromatic heterocycles. The molecule has 0 aliphatic heterocycles. The molecule has 2 nitrogen and oxygen atoms in total. The molecule has 0 heterocycles. The highest BCUT2D eigenvalue weighted by Crippen LogP contribution is 2.15. The summed E-state index contributed by atoms with van der Waals surface area (Å²) in [6, 6.07) is 10.2. The third-order valence-corrected chi connectivity index (χ3v) is 2.51. The lowest BCUT2D eigenvalue weighted by Gasteiger charge is -2.29. The van der Waals surface area contributed by atoms with Crippen LogP contribution in [0.1, 0.15) is 5.56 Å². The number of likely N-dealkylation sites (N-methyl/N-ethyl adjacent to an activating group) is 1. The van der Waals surface area contributed by atoms with Crippen LogP contribution in [-0.2, 0) is 0 Å². The van der Waals surface area contributed by atoms with Gasteiger partial charge in [-0.3, -0.25) is 0 Å². The maximum Gasteiger partial charge on any atom is 0.104 e. The maximum absolute atomic E-state index is 8.94. The maximum atomic E-state index is 8.94. The molecule has 1 aromatic carbocycles. The van der Waals surface area contributed by atoms with Crippen molar-refractivity contribution in [2.75, 3.05) is 33.8 Å². The Kier molecular flexibility index (Phi) is 6.56. The Labute approximate surface area is 109 Å². The number of aliphatic hydroxyl groups is 1. The summed E-state index contributed by atoms with van der Waals surface area (Å²) in [4.78, 5) is 0. The minimum atomic E-state index is 0.